The van der Waals surface area contributed by atoms with Gasteiger partial charge in [0.1, 0.15) is 17.8 Å². The number of ether oxygens (including phenoxy) is 1. The number of allylic oxidation sites excluding steroid dienone is 4. The van der Waals surface area contributed by atoms with Gasteiger partial charge in [0, 0.05) is 38.6 Å². The first kappa shape index (κ1) is 33.6. The second-order valence-electron chi connectivity index (χ2n) is 13.0. The molecule has 0 radical (unpaired) electrons. The maximum absolute atomic E-state index is 15.1. The van der Waals surface area contributed by atoms with E-state index in [2.05, 4.69) is 10.4 Å². The fourth-order valence-corrected chi connectivity index (χ4v) is 6.04. The molecule has 1 N–H and O–H groups in total. The van der Waals surface area contributed by atoms with Crippen LogP contribution in [0.5, 0.6) is 0 Å². The van der Waals surface area contributed by atoms with E-state index in [0.717, 1.165) is 18.2 Å². The number of morpholine rings is 1. The Kier molecular flexibility index (Phi) is 10.6. The average molecular weight is 621 g/mol. The summed E-state index contributed by atoms with van der Waals surface area (Å²) >= 11 is 0. The van der Waals surface area contributed by atoms with E-state index in [0.29, 0.717) is 31.0 Å². The number of nitrogens with zero attached hydrogens (tertiary/aromatic N) is 5. The summed E-state index contributed by atoms with van der Waals surface area (Å²) < 4.78 is 65.7. The minimum atomic E-state index is -1.16. The van der Waals surface area contributed by atoms with Crippen LogP contribution in [0.4, 0.5) is 22.4 Å². The van der Waals surface area contributed by atoms with Crippen LogP contribution in [0.3, 0.4) is 0 Å². The van der Waals surface area contributed by atoms with E-state index in [1.54, 1.807) is 22.8 Å². The van der Waals surface area contributed by atoms with Crippen LogP contribution in [0.25, 0.3) is 11.4 Å². The molecule has 0 spiro atoms. The fourth-order valence-electron chi connectivity index (χ4n) is 6.04. The molecule has 3 heterocycles. The summed E-state index contributed by atoms with van der Waals surface area (Å²) in [7, 11) is 0. The van der Waals surface area contributed by atoms with Crippen molar-refractivity contribution >= 4 is 6.03 Å². The Morgan fingerprint density at radius 2 is 1.89 bits per heavy atom. The van der Waals surface area contributed by atoms with Crippen molar-refractivity contribution in [3.05, 3.63) is 59.2 Å². The third-order valence-electron chi connectivity index (χ3n) is 7.96. The lowest BCUT2D eigenvalue weighted by Crippen LogP contribution is -2.56. The van der Waals surface area contributed by atoms with Crippen molar-refractivity contribution in [3.63, 3.8) is 0 Å². The largest absolute Gasteiger partial charge is 0.372 e. The number of carbonyl (C=O) groups is 1. The number of aromatic nitrogens is 3. The molecule has 2 saturated heterocycles. The van der Waals surface area contributed by atoms with Crippen LogP contribution >= 0.6 is 0 Å². The zero-order chi connectivity index (χ0) is 32.3. The average Bonchev–Trinajstić information content (AvgIpc) is 3.52. The monoisotopic (exact) mass is 620 g/mol. The van der Waals surface area contributed by atoms with Gasteiger partial charge in [-0.15, -0.1) is 0 Å². The summed E-state index contributed by atoms with van der Waals surface area (Å²) in [5.74, 6) is -2.04. The molecular weight excluding hydrogens is 576 g/mol. The number of rotatable bonds is 8. The maximum atomic E-state index is 15.1. The molecule has 242 valence electrons. The van der Waals surface area contributed by atoms with Crippen molar-refractivity contribution in [1.29, 1.82) is 0 Å². The van der Waals surface area contributed by atoms with Crippen LogP contribution in [-0.4, -0.2) is 81.7 Å². The highest BCUT2D eigenvalue weighted by atomic mass is 19.1. The SMILES string of the molecule is CC=C(C=C(C)F)Cn1nc(-c2cc(F)ccc2F)nc1C(N(CC1CNCC1F)C(=O)N1CC(C)OC(C)C1)C(C)(C)C. The molecule has 2 aliphatic heterocycles. The number of carbonyl (C=O) groups excluding carboxylic acids is 1. The number of hydrogen-bond donors (Lipinski definition) is 1. The third-order valence-corrected chi connectivity index (χ3v) is 7.96. The van der Waals surface area contributed by atoms with Crippen LogP contribution in [0.15, 0.2) is 41.8 Å². The lowest BCUT2D eigenvalue weighted by Gasteiger charge is -2.45. The summed E-state index contributed by atoms with van der Waals surface area (Å²) in [5, 5.41) is 7.66. The van der Waals surface area contributed by atoms with Gasteiger partial charge in [-0.05, 0) is 63.0 Å². The molecule has 44 heavy (non-hydrogen) atoms. The molecule has 8 nitrogen and oxygen atoms in total. The van der Waals surface area contributed by atoms with Gasteiger partial charge in [-0.25, -0.2) is 32.0 Å². The summed E-state index contributed by atoms with van der Waals surface area (Å²) in [4.78, 5) is 22.6. The highest BCUT2D eigenvalue weighted by Gasteiger charge is 2.44. The summed E-state index contributed by atoms with van der Waals surface area (Å²) in [6.45, 7) is 14.1. The van der Waals surface area contributed by atoms with Crippen molar-refractivity contribution in [1.82, 2.24) is 29.9 Å². The molecule has 0 aliphatic carbocycles. The Morgan fingerprint density at radius 1 is 1.20 bits per heavy atom. The van der Waals surface area contributed by atoms with Gasteiger partial charge >= 0.3 is 6.03 Å². The quantitative estimate of drug-likeness (QED) is 0.280. The first-order valence-electron chi connectivity index (χ1n) is 15.1. The third kappa shape index (κ3) is 7.87. The number of urea groups is 1. The fraction of sp³-hybridized carbons (Fsp3) is 0.594. The van der Waals surface area contributed by atoms with Gasteiger partial charge in [0.05, 0.1) is 36.2 Å². The molecule has 5 atom stereocenters. The molecule has 2 amide bonds. The van der Waals surface area contributed by atoms with Crippen LogP contribution in [0.1, 0.15) is 60.3 Å². The van der Waals surface area contributed by atoms with Crippen LogP contribution in [0, 0.1) is 23.0 Å². The van der Waals surface area contributed by atoms with Gasteiger partial charge in [-0.1, -0.05) is 26.8 Å². The topological polar surface area (TPSA) is 75.5 Å². The second kappa shape index (κ2) is 13.8. The number of hydrogen-bond acceptors (Lipinski definition) is 5. The summed E-state index contributed by atoms with van der Waals surface area (Å²) in [6.07, 6.45) is 1.53. The number of amides is 2. The second-order valence-corrected chi connectivity index (χ2v) is 13.0. The van der Waals surface area contributed by atoms with E-state index in [4.69, 9.17) is 9.72 Å². The molecular formula is C32H44F4N6O2. The molecule has 2 fully saturated rings. The van der Waals surface area contributed by atoms with Gasteiger partial charge < -0.3 is 19.9 Å². The van der Waals surface area contributed by atoms with Gasteiger partial charge in [0.2, 0.25) is 0 Å². The Hall–Kier alpha value is -3.25. The predicted molar refractivity (Wildman–Crippen MR) is 161 cm³/mol. The van der Waals surface area contributed by atoms with Crippen LogP contribution in [0.2, 0.25) is 0 Å². The highest BCUT2D eigenvalue weighted by Crippen LogP contribution is 2.40. The summed E-state index contributed by atoms with van der Waals surface area (Å²) in [6, 6.07) is 1.95. The number of nitrogens with one attached hydrogen (secondary N) is 1. The Balaban J connectivity index is 1.90. The molecule has 0 saturated carbocycles. The van der Waals surface area contributed by atoms with E-state index < -0.39 is 41.0 Å². The standard InChI is InChI=1S/C32H44F4N6O2/c1-8-22(11-19(2)33)17-42-30(38-29(39-42)25-12-24(34)9-10-26(25)35)28(32(5,6)7)41(18-23-13-37-14-27(23)36)31(43)40-15-20(3)44-21(4)16-40/h8-12,20-21,23,27-28,37H,13-18H2,1-7H3. The van der Waals surface area contributed by atoms with Crippen molar-refractivity contribution < 1.29 is 27.1 Å². The molecule has 5 unspecified atom stereocenters. The minimum absolute atomic E-state index is 0.0496. The first-order chi connectivity index (χ1) is 20.7. The van der Waals surface area contributed by atoms with Crippen molar-refractivity contribution in [2.24, 2.45) is 11.3 Å². The molecule has 2 aromatic rings. The molecule has 2 aliphatic rings. The number of halogens is 4. The lowest BCUT2D eigenvalue weighted by atomic mass is 9.84. The normalized spacial score (nSPS) is 24.1. The van der Waals surface area contributed by atoms with E-state index in [9.17, 15) is 18.0 Å². The van der Waals surface area contributed by atoms with E-state index in [1.807, 2.05) is 34.6 Å². The molecule has 4 rings (SSSR count). The van der Waals surface area contributed by atoms with Gasteiger partial charge in [0.15, 0.2) is 11.6 Å². The Bertz CT molecular complexity index is 1370. The van der Waals surface area contributed by atoms with E-state index >= 15 is 4.39 Å². The van der Waals surface area contributed by atoms with Crippen molar-refractivity contribution in [3.8, 4) is 11.4 Å². The molecule has 0 bridgehead atoms. The van der Waals surface area contributed by atoms with E-state index in [1.165, 1.54) is 17.7 Å². The minimum Gasteiger partial charge on any atom is -0.372 e. The highest BCUT2D eigenvalue weighted by molar-refractivity contribution is 5.75. The lowest BCUT2D eigenvalue weighted by molar-refractivity contribution is -0.0620. The number of benzene rings is 1. The first-order valence-corrected chi connectivity index (χ1v) is 15.1. The van der Waals surface area contributed by atoms with Gasteiger partial charge in [-0.2, -0.15) is 5.10 Å². The van der Waals surface area contributed by atoms with Gasteiger partial charge in [0.25, 0.3) is 0 Å². The van der Waals surface area contributed by atoms with Crippen molar-refractivity contribution in [2.45, 2.75) is 79.4 Å². The zero-order valence-corrected chi connectivity index (χ0v) is 26.6. The molecule has 1 aromatic carbocycles. The summed E-state index contributed by atoms with van der Waals surface area (Å²) in [5.41, 5.74) is -0.261. The zero-order valence-electron chi connectivity index (χ0n) is 26.6. The van der Waals surface area contributed by atoms with Gasteiger partial charge in [-0.3, -0.25) is 0 Å². The van der Waals surface area contributed by atoms with E-state index in [-0.39, 0.29) is 49.3 Å². The number of alkyl halides is 1. The predicted octanol–water partition coefficient (Wildman–Crippen LogP) is 6.22. The Labute approximate surface area is 257 Å². The van der Waals surface area contributed by atoms with Crippen LogP contribution < -0.4 is 5.32 Å². The smallest absolute Gasteiger partial charge is 0.320 e. The Morgan fingerprint density at radius 3 is 2.45 bits per heavy atom. The van der Waals surface area contributed by atoms with Crippen LogP contribution in [-0.2, 0) is 11.3 Å². The van der Waals surface area contributed by atoms with Crippen molar-refractivity contribution in [2.75, 3.05) is 32.7 Å². The maximum Gasteiger partial charge on any atom is 0.320 e. The molecule has 1 aromatic heterocycles. The molecule has 12 heteroatoms.